The van der Waals surface area contributed by atoms with E-state index in [1.165, 1.54) is 21.6 Å². The lowest BCUT2D eigenvalue weighted by molar-refractivity contribution is 0.218. The summed E-state index contributed by atoms with van der Waals surface area (Å²) in [5.41, 5.74) is 4.64. The van der Waals surface area contributed by atoms with E-state index in [1.807, 2.05) is 17.8 Å². The topological polar surface area (TPSA) is 78.6 Å². The second-order valence-electron chi connectivity index (χ2n) is 7.65. The zero-order chi connectivity index (χ0) is 21.7. The molecule has 5 aromatic rings. The quantitative estimate of drug-likeness (QED) is 0.215. The lowest BCUT2D eigenvalue weighted by Gasteiger charge is -2.17. The monoisotopic (exact) mass is 460 g/mol. The Bertz CT molecular complexity index is 1470. The van der Waals surface area contributed by atoms with Gasteiger partial charge in [-0.05, 0) is 30.9 Å². The molecule has 0 amide bonds. The molecular formula is C23H20N6OS2. The fourth-order valence-corrected chi connectivity index (χ4v) is 6.38. The summed E-state index contributed by atoms with van der Waals surface area (Å²) in [6, 6.07) is 8.64. The first kappa shape index (κ1) is 19.8. The van der Waals surface area contributed by atoms with Gasteiger partial charge < -0.3 is 4.74 Å². The first-order valence-electron chi connectivity index (χ1n) is 10.4. The van der Waals surface area contributed by atoms with Crippen molar-refractivity contribution in [3.8, 4) is 16.9 Å². The molecule has 7 nitrogen and oxygen atoms in total. The molecule has 4 aromatic heterocycles. The maximum absolute atomic E-state index is 5.18. The van der Waals surface area contributed by atoms with Crippen LogP contribution in [-0.2, 0) is 17.6 Å². The molecule has 0 radical (unpaired) electrons. The second kappa shape index (κ2) is 7.91. The van der Waals surface area contributed by atoms with Gasteiger partial charge in [0.2, 0.25) is 0 Å². The van der Waals surface area contributed by atoms with Gasteiger partial charge in [-0.25, -0.2) is 19.9 Å². The summed E-state index contributed by atoms with van der Waals surface area (Å²) in [6.45, 7) is 2.60. The lowest BCUT2D eigenvalue weighted by Crippen LogP contribution is -2.06. The summed E-state index contributed by atoms with van der Waals surface area (Å²) < 4.78 is 7.03. The van der Waals surface area contributed by atoms with Crippen molar-refractivity contribution in [2.75, 3.05) is 19.5 Å². The van der Waals surface area contributed by atoms with Crippen LogP contribution in [0.4, 0.5) is 0 Å². The predicted molar refractivity (Wildman–Crippen MR) is 128 cm³/mol. The number of thioether (sulfide) groups is 1. The zero-order valence-corrected chi connectivity index (χ0v) is 19.3. The number of hydrogen-bond donors (Lipinski definition) is 0. The number of aromatic nitrogens is 6. The Morgan fingerprint density at radius 3 is 2.97 bits per heavy atom. The van der Waals surface area contributed by atoms with Crippen LogP contribution in [0.15, 0.2) is 41.8 Å². The molecule has 1 aliphatic rings. The second-order valence-corrected chi connectivity index (χ2v) is 9.81. The fourth-order valence-electron chi connectivity index (χ4n) is 4.29. The number of benzene rings is 1. The highest BCUT2D eigenvalue weighted by atomic mass is 32.2. The van der Waals surface area contributed by atoms with E-state index in [4.69, 9.17) is 19.8 Å². The molecule has 32 heavy (non-hydrogen) atoms. The third-order valence-electron chi connectivity index (χ3n) is 5.68. The van der Waals surface area contributed by atoms with Crippen molar-refractivity contribution >= 4 is 44.3 Å². The number of methoxy groups -OCH3 is 1. The minimum Gasteiger partial charge on any atom is -0.384 e. The number of fused-ring (bicyclic) bond motifs is 6. The van der Waals surface area contributed by atoms with Crippen molar-refractivity contribution in [2.45, 2.75) is 24.8 Å². The first-order valence-corrected chi connectivity index (χ1v) is 12.2. The standard InChI is InChI=1S/C23H20N6OS2/c1-13-27-21(29-20-16(11-26-29)22(25-12-24-20)31-10-9-30-2)19-18-15-6-4-3-5-14(15)7-8-17(18)32-23(19)28-13/h3-6,11-12H,7-10H2,1-2H3. The summed E-state index contributed by atoms with van der Waals surface area (Å²) >= 11 is 3.41. The van der Waals surface area contributed by atoms with Gasteiger partial charge in [-0.1, -0.05) is 24.3 Å². The van der Waals surface area contributed by atoms with Gasteiger partial charge in [0.15, 0.2) is 11.5 Å². The smallest absolute Gasteiger partial charge is 0.169 e. The summed E-state index contributed by atoms with van der Waals surface area (Å²) in [7, 11) is 1.70. The normalized spacial score (nSPS) is 12.9. The Hall–Kier alpha value is -2.88. The summed E-state index contributed by atoms with van der Waals surface area (Å²) in [5, 5.41) is 7.59. The molecule has 160 valence electrons. The molecule has 6 rings (SSSR count). The lowest BCUT2D eigenvalue weighted by atomic mass is 9.89. The van der Waals surface area contributed by atoms with E-state index in [2.05, 4.69) is 34.2 Å². The number of rotatable bonds is 5. The molecule has 0 atom stereocenters. The molecule has 0 unspecified atom stereocenters. The van der Waals surface area contributed by atoms with E-state index in [-0.39, 0.29) is 0 Å². The number of ether oxygens (including phenoxy) is 1. The summed E-state index contributed by atoms with van der Waals surface area (Å²) in [4.78, 5) is 21.1. The van der Waals surface area contributed by atoms with Crippen molar-refractivity contribution in [1.29, 1.82) is 0 Å². The number of thiophene rings is 1. The zero-order valence-electron chi connectivity index (χ0n) is 17.7. The molecular weight excluding hydrogens is 440 g/mol. The van der Waals surface area contributed by atoms with Crippen molar-refractivity contribution in [2.24, 2.45) is 0 Å². The average Bonchev–Trinajstić information content (AvgIpc) is 3.40. The van der Waals surface area contributed by atoms with Gasteiger partial charge in [-0.3, -0.25) is 0 Å². The van der Waals surface area contributed by atoms with E-state index in [9.17, 15) is 0 Å². The van der Waals surface area contributed by atoms with Crippen molar-refractivity contribution in [3.05, 3.63) is 53.1 Å². The van der Waals surface area contributed by atoms with Crippen LogP contribution in [0.2, 0.25) is 0 Å². The molecule has 9 heteroatoms. The average molecular weight is 461 g/mol. The van der Waals surface area contributed by atoms with Crippen LogP contribution in [0.25, 0.3) is 38.2 Å². The van der Waals surface area contributed by atoms with Crippen LogP contribution in [0.5, 0.6) is 0 Å². The highest BCUT2D eigenvalue weighted by molar-refractivity contribution is 7.99. The third kappa shape index (κ3) is 3.11. The van der Waals surface area contributed by atoms with Crippen LogP contribution >= 0.6 is 23.1 Å². The van der Waals surface area contributed by atoms with Gasteiger partial charge in [0, 0.05) is 23.3 Å². The maximum atomic E-state index is 5.18. The highest BCUT2D eigenvalue weighted by Gasteiger charge is 2.26. The van der Waals surface area contributed by atoms with Crippen LogP contribution < -0.4 is 0 Å². The predicted octanol–water partition coefficient (Wildman–Crippen LogP) is 4.63. The van der Waals surface area contributed by atoms with E-state index >= 15 is 0 Å². The minimum absolute atomic E-state index is 0.663. The minimum atomic E-state index is 0.663. The van der Waals surface area contributed by atoms with Crippen LogP contribution in [0.1, 0.15) is 16.3 Å². The first-order chi connectivity index (χ1) is 15.7. The van der Waals surface area contributed by atoms with E-state index < -0.39 is 0 Å². The Labute approximate surface area is 192 Å². The molecule has 0 aliphatic heterocycles. The van der Waals surface area contributed by atoms with E-state index in [0.29, 0.717) is 6.61 Å². The van der Waals surface area contributed by atoms with Gasteiger partial charge in [-0.2, -0.15) is 9.78 Å². The van der Waals surface area contributed by atoms with Gasteiger partial charge in [0.05, 0.1) is 23.6 Å². The SMILES string of the molecule is COCCSc1ncnc2c1cnn2-c1nc(C)nc2sc3c(c12)-c1ccccc1CC3. The number of aryl methyl sites for hydroxylation is 3. The Kier molecular flexibility index (Phi) is 4.89. The van der Waals surface area contributed by atoms with Crippen LogP contribution in [0.3, 0.4) is 0 Å². The van der Waals surface area contributed by atoms with Crippen molar-refractivity contribution in [3.63, 3.8) is 0 Å². The van der Waals surface area contributed by atoms with E-state index in [0.717, 1.165) is 56.5 Å². The molecule has 0 fully saturated rings. The molecule has 0 bridgehead atoms. The van der Waals surface area contributed by atoms with Gasteiger partial charge in [-0.15, -0.1) is 23.1 Å². The fraction of sp³-hybridized carbons (Fsp3) is 0.261. The Morgan fingerprint density at radius 1 is 1.16 bits per heavy atom. The largest absolute Gasteiger partial charge is 0.384 e. The Balaban J connectivity index is 1.59. The van der Waals surface area contributed by atoms with Gasteiger partial charge in [0.25, 0.3) is 0 Å². The van der Waals surface area contributed by atoms with Gasteiger partial charge in [0.1, 0.15) is 22.0 Å². The molecule has 0 saturated heterocycles. The van der Waals surface area contributed by atoms with Crippen molar-refractivity contribution in [1.82, 2.24) is 29.7 Å². The number of nitrogens with zero attached hydrogens (tertiary/aromatic N) is 6. The molecule has 4 heterocycles. The number of hydrogen-bond acceptors (Lipinski definition) is 8. The summed E-state index contributed by atoms with van der Waals surface area (Å²) in [6.07, 6.45) is 5.51. The highest BCUT2D eigenvalue weighted by Crippen LogP contribution is 2.45. The molecule has 0 spiro atoms. The summed E-state index contributed by atoms with van der Waals surface area (Å²) in [5.74, 6) is 2.33. The molecule has 0 saturated carbocycles. The molecule has 0 N–H and O–H groups in total. The molecule has 1 aromatic carbocycles. The van der Waals surface area contributed by atoms with Crippen LogP contribution in [-0.4, -0.2) is 49.2 Å². The van der Waals surface area contributed by atoms with E-state index in [1.54, 1.807) is 36.5 Å². The van der Waals surface area contributed by atoms with Gasteiger partial charge >= 0.3 is 0 Å². The Morgan fingerprint density at radius 2 is 2.06 bits per heavy atom. The van der Waals surface area contributed by atoms with Crippen molar-refractivity contribution < 1.29 is 4.74 Å². The van der Waals surface area contributed by atoms with Crippen LogP contribution in [0, 0.1) is 6.92 Å². The molecule has 1 aliphatic carbocycles. The maximum Gasteiger partial charge on any atom is 0.169 e. The third-order valence-corrected chi connectivity index (χ3v) is 7.79.